The van der Waals surface area contributed by atoms with Gasteiger partial charge in [-0.25, -0.2) is 4.98 Å². The molecule has 2 atom stereocenters. The third kappa shape index (κ3) is 2.46. The maximum atomic E-state index is 4.79. The lowest BCUT2D eigenvalue weighted by Crippen LogP contribution is -2.31. The standard InChI is InChI=1S/C14H17BrN2S/c1-2-9-5-6-16-12(7-9)14-17-11-8-10(15)3-4-13(11)18-14/h3-4,8-9,12,16H,2,5-7H2,1H3. The normalized spacial score (nSPS) is 24.6. The quantitative estimate of drug-likeness (QED) is 0.879. The molecule has 1 aliphatic rings. The summed E-state index contributed by atoms with van der Waals surface area (Å²) in [5.41, 5.74) is 1.12. The maximum absolute atomic E-state index is 4.79. The zero-order valence-corrected chi connectivity index (χ0v) is 12.9. The molecule has 1 aromatic heterocycles. The van der Waals surface area contributed by atoms with Gasteiger partial charge >= 0.3 is 0 Å². The van der Waals surface area contributed by atoms with Gasteiger partial charge in [-0.1, -0.05) is 29.3 Å². The van der Waals surface area contributed by atoms with E-state index in [1.807, 2.05) is 11.3 Å². The first kappa shape index (κ1) is 12.6. The third-order valence-corrected chi connectivity index (χ3v) is 5.40. The van der Waals surface area contributed by atoms with Gasteiger partial charge in [0.15, 0.2) is 0 Å². The first-order valence-electron chi connectivity index (χ1n) is 6.55. The van der Waals surface area contributed by atoms with Crippen molar-refractivity contribution in [1.82, 2.24) is 10.3 Å². The van der Waals surface area contributed by atoms with Crippen LogP contribution in [0, 0.1) is 5.92 Å². The van der Waals surface area contributed by atoms with Crippen molar-refractivity contribution in [3.05, 3.63) is 27.7 Å². The summed E-state index contributed by atoms with van der Waals surface area (Å²) < 4.78 is 2.39. The molecule has 96 valence electrons. The summed E-state index contributed by atoms with van der Waals surface area (Å²) in [6.45, 7) is 3.42. The number of rotatable bonds is 2. The van der Waals surface area contributed by atoms with Gasteiger partial charge in [-0.3, -0.25) is 0 Å². The number of piperidine rings is 1. The van der Waals surface area contributed by atoms with Crippen LogP contribution < -0.4 is 5.32 Å². The molecule has 2 heterocycles. The van der Waals surface area contributed by atoms with E-state index in [1.54, 1.807) is 0 Å². The maximum Gasteiger partial charge on any atom is 0.111 e. The molecule has 3 rings (SSSR count). The molecule has 1 saturated heterocycles. The summed E-state index contributed by atoms with van der Waals surface area (Å²) in [6, 6.07) is 6.81. The predicted octanol–water partition coefficient (Wildman–Crippen LogP) is 4.51. The number of nitrogens with one attached hydrogen (secondary N) is 1. The lowest BCUT2D eigenvalue weighted by molar-refractivity contribution is 0.299. The summed E-state index contributed by atoms with van der Waals surface area (Å²) in [5.74, 6) is 0.856. The van der Waals surface area contributed by atoms with Crippen LogP contribution in [0.1, 0.15) is 37.2 Å². The van der Waals surface area contributed by atoms with Gasteiger partial charge in [-0.15, -0.1) is 11.3 Å². The van der Waals surface area contributed by atoms with Crippen LogP contribution in [0.2, 0.25) is 0 Å². The molecular formula is C14H17BrN2S. The molecule has 4 heteroatoms. The van der Waals surface area contributed by atoms with Crippen molar-refractivity contribution in [3.8, 4) is 0 Å². The van der Waals surface area contributed by atoms with Crippen molar-refractivity contribution in [2.75, 3.05) is 6.54 Å². The molecule has 18 heavy (non-hydrogen) atoms. The molecule has 1 fully saturated rings. The predicted molar refractivity (Wildman–Crippen MR) is 81.1 cm³/mol. The van der Waals surface area contributed by atoms with Crippen LogP contribution >= 0.6 is 27.3 Å². The number of fused-ring (bicyclic) bond motifs is 1. The van der Waals surface area contributed by atoms with Crippen molar-refractivity contribution in [3.63, 3.8) is 0 Å². The fourth-order valence-electron chi connectivity index (χ4n) is 2.62. The summed E-state index contributed by atoms with van der Waals surface area (Å²) in [6.07, 6.45) is 3.83. The first-order chi connectivity index (χ1) is 8.76. The molecule has 2 unspecified atom stereocenters. The Labute approximate surface area is 120 Å². The van der Waals surface area contributed by atoms with E-state index in [4.69, 9.17) is 4.98 Å². The fourth-order valence-corrected chi connectivity index (χ4v) is 4.01. The number of aromatic nitrogens is 1. The molecule has 2 aromatic rings. The molecule has 0 spiro atoms. The highest BCUT2D eigenvalue weighted by Gasteiger charge is 2.24. The molecule has 0 aliphatic carbocycles. The molecular weight excluding hydrogens is 308 g/mol. The lowest BCUT2D eigenvalue weighted by atomic mass is 9.91. The Morgan fingerprint density at radius 1 is 1.50 bits per heavy atom. The molecule has 0 saturated carbocycles. The fraction of sp³-hybridized carbons (Fsp3) is 0.500. The lowest BCUT2D eigenvalue weighted by Gasteiger charge is -2.28. The molecule has 0 bridgehead atoms. The number of hydrogen-bond acceptors (Lipinski definition) is 3. The minimum absolute atomic E-state index is 0.458. The minimum atomic E-state index is 0.458. The van der Waals surface area contributed by atoms with Crippen molar-refractivity contribution >= 4 is 37.5 Å². The van der Waals surface area contributed by atoms with E-state index < -0.39 is 0 Å². The van der Waals surface area contributed by atoms with Gasteiger partial charge in [0, 0.05) is 4.47 Å². The van der Waals surface area contributed by atoms with Gasteiger partial charge in [0.2, 0.25) is 0 Å². The Kier molecular flexibility index (Phi) is 3.68. The molecule has 2 nitrogen and oxygen atoms in total. The zero-order chi connectivity index (χ0) is 12.5. The highest BCUT2D eigenvalue weighted by molar-refractivity contribution is 9.10. The van der Waals surface area contributed by atoms with Crippen LogP contribution in [0.3, 0.4) is 0 Å². The zero-order valence-electron chi connectivity index (χ0n) is 10.4. The summed E-state index contributed by atoms with van der Waals surface area (Å²) in [5, 5.41) is 4.86. The van der Waals surface area contributed by atoms with Gasteiger partial charge in [-0.05, 0) is 43.5 Å². The Hall–Kier alpha value is -0.450. The van der Waals surface area contributed by atoms with E-state index in [1.165, 1.54) is 29.0 Å². The third-order valence-electron chi connectivity index (χ3n) is 3.75. The average molecular weight is 325 g/mol. The van der Waals surface area contributed by atoms with Crippen LogP contribution in [-0.4, -0.2) is 11.5 Å². The number of nitrogens with zero attached hydrogens (tertiary/aromatic N) is 1. The second-order valence-electron chi connectivity index (χ2n) is 4.97. The van der Waals surface area contributed by atoms with E-state index in [-0.39, 0.29) is 0 Å². The number of benzene rings is 1. The number of hydrogen-bond donors (Lipinski definition) is 1. The summed E-state index contributed by atoms with van der Waals surface area (Å²) in [4.78, 5) is 4.79. The first-order valence-corrected chi connectivity index (χ1v) is 8.16. The van der Waals surface area contributed by atoms with Gasteiger partial charge < -0.3 is 5.32 Å². The van der Waals surface area contributed by atoms with E-state index >= 15 is 0 Å². The van der Waals surface area contributed by atoms with E-state index in [2.05, 4.69) is 46.4 Å². The molecule has 1 N–H and O–H groups in total. The van der Waals surface area contributed by atoms with E-state index in [0.717, 1.165) is 22.5 Å². The smallest absolute Gasteiger partial charge is 0.111 e. The Morgan fingerprint density at radius 3 is 3.22 bits per heavy atom. The topological polar surface area (TPSA) is 24.9 Å². The van der Waals surface area contributed by atoms with Crippen LogP contribution in [-0.2, 0) is 0 Å². The molecule has 0 radical (unpaired) electrons. The molecule has 0 amide bonds. The van der Waals surface area contributed by atoms with Crippen LogP contribution in [0.4, 0.5) is 0 Å². The Balaban J connectivity index is 1.89. The van der Waals surface area contributed by atoms with Gasteiger partial charge in [0.1, 0.15) is 5.01 Å². The van der Waals surface area contributed by atoms with Gasteiger partial charge in [0.05, 0.1) is 16.3 Å². The summed E-state index contributed by atoms with van der Waals surface area (Å²) in [7, 11) is 0. The van der Waals surface area contributed by atoms with E-state index in [0.29, 0.717) is 6.04 Å². The van der Waals surface area contributed by atoms with E-state index in [9.17, 15) is 0 Å². The van der Waals surface area contributed by atoms with Crippen molar-refractivity contribution < 1.29 is 0 Å². The van der Waals surface area contributed by atoms with Crippen molar-refractivity contribution in [2.45, 2.75) is 32.2 Å². The average Bonchev–Trinajstić information content (AvgIpc) is 2.81. The Bertz CT molecular complexity index is 552. The Morgan fingerprint density at radius 2 is 2.39 bits per heavy atom. The van der Waals surface area contributed by atoms with Crippen molar-refractivity contribution in [2.24, 2.45) is 5.92 Å². The monoisotopic (exact) mass is 324 g/mol. The largest absolute Gasteiger partial charge is 0.308 e. The minimum Gasteiger partial charge on any atom is -0.308 e. The highest BCUT2D eigenvalue weighted by atomic mass is 79.9. The molecule has 1 aliphatic heterocycles. The van der Waals surface area contributed by atoms with Crippen LogP contribution in [0.5, 0.6) is 0 Å². The second kappa shape index (κ2) is 5.27. The van der Waals surface area contributed by atoms with Crippen molar-refractivity contribution in [1.29, 1.82) is 0 Å². The highest BCUT2D eigenvalue weighted by Crippen LogP contribution is 2.34. The van der Waals surface area contributed by atoms with Crippen LogP contribution in [0.25, 0.3) is 10.2 Å². The van der Waals surface area contributed by atoms with Crippen LogP contribution in [0.15, 0.2) is 22.7 Å². The van der Waals surface area contributed by atoms with Gasteiger partial charge in [-0.2, -0.15) is 0 Å². The number of halogens is 1. The molecule has 1 aromatic carbocycles. The summed E-state index contributed by atoms with van der Waals surface area (Å²) >= 11 is 5.34. The van der Waals surface area contributed by atoms with Gasteiger partial charge in [0.25, 0.3) is 0 Å². The second-order valence-corrected chi connectivity index (χ2v) is 6.95. The SMILES string of the molecule is CCC1CCNC(c2nc3cc(Br)ccc3s2)C1. The number of thiazole rings is 1.